The third-order valence-electron chi connectivity index (χ3n) is 6.10. The lowest BCUT2D eigenvalue weighted by molar-refractivity contribution is -0.128. The Morgan fingerprint density at radius 1 is 1.21 bits per heavy atom. The van der Waals surface area contributed by atoms with E-state index in [4.69, 9.17) is 4.74 Å². The molecule has 2 heterocycles. The summed E-state index contributed by atoms with van der Waals surface area (Å²) in [5, 5.41) is 4.05. The minimum Gasteiger partial charge on any atom is -0.478 e. The summed E-state index contributed by atoms with van der Waals surface area (Å²) in [5.41, 5.74) is 5.28. The quantitative estimate of drug-likeness (QED) is 0.473. The Bertz CT molecular complexity index is 1250. The van der Waals surface area contributed by atoms with Crippen LogP contribution in [0.4, 0.5) is 11.4 Å². The largest absolute Gasteiger partial charge is 0.478 e. The van der Waals surface area contributed by atoms with E-state index < -0.39 is 6.10 Å². The van der Waals surface area contributed by atoms with Gasteiger partial charge in [0, 0.05) is 16.1 Å². The molecule has 34 heavy (non-hydrogen) atoms. The fraction of sp³-hybridized carbons (Fsp3) is 0.370. The molecule has 3 aromatic rings. The molecular formula is C27H31N3O3S. The van der Waals surface area contributed by atoms with Crippen LogP contribution >= 0.6 is 11.3 Å². The highest BCUT2D eigenvalue weighted by Gasteiger charge is 2.35. The Morgan fingerprint density at radius 3 is 2.62 bits per heavy atom. The Kier molecular flexibility index (Phi) is 6.75. The van der Waals surface area contributed by atoms with Crippen molar-refractivity contribution in [1.29, 1.82) is 0 Å². The lowest BCUT2D eigenvalue weighted by Crippen LogP contribution is -2.48. The number of benzene rings is 2. The SMILES string of the molecule is CCC1Oc2ccc(-c3nc(C)sc3C)cc2N(CC(=O)Nc2c(C)cccc2C(C)C)C1=O. The van der Waals surface area contributed by atoms with Crippen molar-refractivity contribution in [2.45, 2.75) is 60.0 Å². The maximum atomic E-state index is 13.3. The number of nitrogens with one attached hydrogen (secondary N) is 1. The zero-order valence-electron chi connectivity index (χ0n) is 20.6. The number of anilines is 2. The van der Waals surface area contributed by atoms with E-state index in [0.717, 1.165) is 38.0 Å². The number of carbonyl (C=O) groups is 2. The van der Waals surface area contributed by atoms with Gasteiger partial charge in [-0.25, -0.2) is 4.98 Å². The van der Waals surface area contributed by atoms with Crippen LogP contribution in [0.25, 0.3) is 11.3 Å². The molecule has 0 bridgehead atoms. The van der Waals surface area contributed by atoms with Gasteiger partial charge in [0.2, 0.25) is 5.91 Å². The second-order valence-electron chi connectivity index (χ2n) is 9.00. The second-order valence-corrected chi connectivity index (χ2v) is 10.4. The van der Waals surface area contributed by atoms with Crippen molar-refractivity contribution in [2.24, 2.45) is 0 Å². The molecule has 0 saturated carbocycles. The summed E-state index contributed by atoms with van der Waals surface area (Å²) in [6.45, 7) is 12.0. The van der Waals surface area contributed by atoms with Gasteiger partial charge < -0.3 is 10.1 Å². The Morgan fingerprint density at radius 2 is 1.97 bits per heavy atom. The average molecular weight is 478 g/mol. The zero-order valence-corrected chi connectivity index (χ0v) is 21.4. The Hall–Kier alpha value is -3.19. The molecular weight excluding hydrogens is 446 g/mol. The van der Waals surface area contributed by atoms with Gasteiger partial charge in [-0.05, 0) is 62.4 Å². The van der Waals surface area contributed by atoms with Crippen molar-refractivity contribution in [1.82, 2.24) is 4.98 Å². The third-order valence-corrected chi connectivity index (χ3v) is 6.99. The summed E-state index contributed by atoms with van der Waals surface area (Å²) in [6.07, 6.45) is -0.0863. The standard InChI is InChI=1S/C27H31N3O3S/c1-7-22-27(32)30(14-24(31)29-25-16(4)9-8-10-20(25)15(2)3)21-13-19(11-12-23(21)33-22)26-17(5)34-18(6)28-26/h8-13,15,22H,7,14H2,1-6H3,(H,29,31). The van der Waals surface area contributed by atoms with E-state index in [1.165, 1.54) is 0 Å². The van der Waals surface area contributed by atoms with Gasteiger partial charge in [-0.1, -0.05) is 39.0 Å². The van der Waals surface area contributed by atoms with Crippen molar-refractivity contribution in [3.8, 4) is 17.0 Å². The molecule has 4 rings (SSSR count). The number of amides is 2. The molecule has 178 valence electrons. The van der Waals surface area contributed by atoms with Crippen LogP contribution in [0.3, 0.4) is 0 Å². The predicted octanol–water partition coefficient (Wildman–Crippen LogP) is 6.00. The first-order valence-electron chi connectivity index (χ1n) is 11.6. The first-order valence-corrected chi connectivity index (χ1v) is 12.5. The monoisotopic (exact) mass is 477 g/mol. The highest BCUT2D eigenvalue weighted by Crippen LogP contribution is 2.39. The molecule has 2 aromatic carbocycles. The molecule has 0 aliphatic carbocycles. The fourth-order valence-corrected chi connectivity index (χ4v) is 5.19. The normalized spacial score (nSPS) is 15.3. The number of nitrogens with zero attached hydrogens (tertiary/aromatic N) is 2. The van der Waals surface area contributed by atoms with Gasteiger partial charge in [-0.15, -0.1) is 11.3 Å². The molecule has 1 unspecified atom stereocenters. The van der Waals surface area contributed by atoms with Crippen molar-refractivity contribution in [2.75, 3.05) is 16.8 Å². The van der Waals surface area contributed by atoms with Crippen LogP contribution in [0.15, 0.2) is 36.4 Å². The van der Waals surface area contributed by atoms with Crippen LogP contribution in [0, 0.1) is 20.8 Å². The van der Waals surface area contributed by atoms with Gasteiger partial charge in [0.1, 0.15) is 12.3 Å². The maximum Gasteiger partial charge on any atom is 0.268 e. The molecule has 1 atom stereocenters. The minimum absolute atomic E-state index is 0.0872. The van der Waals surface area contributed by atoms with Gasteiger partial charge >= 0.3 is 0 Å². The number of thiazole rings is 1. The van der Waals surface area contributed by atoms with E-state index in [0.29, 0.717) is 17.9 Å². The summed E-state index contributed by atoms with van der Waals surface area (Å²) in [6, 6.07) is 11.7. The number of para-hydroxylation sites is 1. The van der Waals surface area contributed by atoms with Crippen LogP contribution in [-0.2, 0) is 9.59 Å². The van der Waals surface area contributed by atoms with E-state index in [1.54, 1.807) is 16.2 Å². The van der Waals surface area contributed by atoms with Gasteiger partial charge in [0.05, 0.1) is 16.4 Å². The van der Waals surface area contributed by atoms with E-state index in [-0.39, 0.29) is 24.3 Å². The number of ether oxygens (including phenoxy) is 1. The molecule has 1 aliphatic heterocycles. The van der Waals surface area contributed by atoms with E-state index in [9.17, 15) is 9.59 Å². The first kappa shape index (κ1) is 24.0. The van der Waals surface area contributed by atoms with Crippen LogP contribution in [-0.4, -0.2) is 29.4 Å². The van der Waals surface area contributed by atoms with Gasteiger partial charge in [-0.3, -0.25) is 14.5 Å². The van der Waals surface area contributed by atoms with Crippen LogP contribution in [0.2, 0.25) is 0 Å². The van der Waals surface area contributed by atoms with Gasteiger partial charge in [0.25, 0.3) is 5.91 Å². The van der Waals surface area contributed by atoms with E-state index in [2.05, 4.69) is 24.1 Å². The molecule has 0 radical (unpaired) electrons. The fourth-order valence-electron chi connectivity index (χ4n) is 4.35. The molecule has 6 nitrogen and oxygen atoms in total. The lowest BCUT2D eigenvalue weighted by Gasteiger charge is -2.34. The molecule has 1 N–H and O–H groups in total. The highest BCUT2D eigenvalue weighted by molar-refractivity contribution is 7.11. The summed E-state index contributed by atoms with van der Waals surface area (Å²) >= 11 is 1.64. The van der Waals surface area contributed by atoms with Crippen LogP contribution < -0.4 is 15.0 Å². The number of fused-ring (bicyclic) bond motifs is 1. The molecule has 0 saturated heterocycles. The molecule has 1 aliphatic rings. The summed E-state index contributed by atoms with van der Waals surface area (Å²) in [5.74, 6) is 0.421. The van der Waals surface area contributed by atoms with Crippen LogP contribution in [0.5, 0.6) is 5.75 Å². The van der Waals surface area contributed by atoms with Crippen molar-refractivity contribution >= 4 is 34.5 Å². The highest BCUT2D eigenvalue weighted by atomic mass is 32.1. The number of hydrogen-bond donors (Lipinski definition) is 1. The number of aromatic nitrogens is 1. The van der Waals surface area contributed by atoms with Crippen molar-refractivity contribution < 1.29 is 14.3 Å². The molecule has 0 spiro atoms. The molecule has 7 heteroatoms. The summed E-state index contributed by atoms with van der Waals surface area (Å²) < 4.78 is 5.98. The summed E-state index contributed by atoms with van der Waals surface area (Å²) in [4.78, 5) is 33.8. The van der Waals surface area contributed by atoms with Crippen molar-refractivity contribution in [3.05, 3.63) is 57.4 Å². The third kappa shape index (κ3) is 4.57. The first-order chi connectivity index (χ1) is 16.2. The topological polar surface area (TPSA) is 71.5 Å². The second kappa shape index (κ2) is 9.58. The van der Waals surface area contributed by atoms with Crippen LogP contribution in [0.1, 0.15) is 54.1 Å². The molecule has 1 aromatic heterocycles. The van der Waals surface area contributed by atoms with Gasteiger partial charge in [-0.2, -0.15) is 0 Å². The Labute approximate surface area is 205 Å². The minimum atomic E-state index is -0.612. The number of hydrogen-bond acceptors (Lipinski definition) is 5. The lowest BCUT2D eigenvalue weighted by atomic mass is 9.98. The summed E-state index contributed by atoms with van der Waals surface area (Å²) in [7, 11) is 0. The van der Waals surface area contributed by atoms with Crippen molar-refractivity contribution in [3.63, 3.8) is 0 Å². The smallest absolute Gasteiger partial charge is 0.268 e. The Balaban J connectivity index is 1.68. The predicted molar refractivity (Wildman–Crippen MR) is 138 cm³/mol. The molecule has 2 amide bonds. The zero-order chi connectivity index (χ0) is 24.6. The molecule has 0 fully saturated rings. The number of aryl methyl sites for hydroxylation is 3. The number of rotatable bonds is 6. The maximum absolute atomic E-state index is 13.3. The van der Waals surface area contributed by atoms with E-state index >= 15 is 0 Å². The number of carbonyl (C=O) groups excluding carboxylic acids is 2. The van der Waals surface area contributed by atoms with E-state index in [1.807, 2.05) is 64.1 Å². The van der Waals surface area contributed by atoms with Gasteiger partial charge in [0.15, 0.2) is 6.10 Å². The average Bonchev–Trinajstić information content (AvgIpc) is 3.14.